The van der Waals surface area contributed by atoms with E-state index >= 15 is 0 Å². The number of aromatic nitrogens is 3. The molecule has 0 bridgehead atoms. The van der Waals surface area contributed by atoms with Gasteiger partial charge in [-0.3, -0.25) is 4.98 Å². The number of thiophene rings is 1. The smallest absolute Gasteiger partial charge is 0.227 e. The maximum Gasteiger partial charge on any atom is 0.227 e. The number of hydrogen-bond donors (Lipinski definition) is 1. The Morgan fingerprint density at radius 1 is 1.47 bits per heavy atom. The number of fused-ring (bicyclic) bond motifs is 1. The fourth-order valence-corrected chi connectivity index (χ4v) is 2.59. The zero-order valence-electron chi connectivity index (χ0n) is 10.5. The molecule has 0 saturated carbocycles. The number of pyridine rings is 1. The first-order chi connectivity index (χ1) is 9.26. The third-order valence-electron chi connectivity index (χ3n) is 2.95. The number of nitrogens with two attached hydrogens (primary N) is 1. The number of nitrogens with zero attached hydrogens (tertiary/aromatic N) is 3. The van der Waals surface area contributed by atoms with Crippen LogP contribution in [-0.2, 0) is 6.42 Å². The van der Waals surface area contributed by atoms with Crippen molar-refractivity contribution in [1.82, 2.24) is 15.1 Å². The predicted octanol–water partition coefficient (Wildman–Crippen LogP) is 2.48. The van der Waals surface area contributed by atoms with Gasteiger partial charge in [-0.25, -0.2) is 0 Å². The molecule has 3 aromatic heterocycles. The molecule has 1 atom stereocenters. The molecule has 0 aliphatic rings. The van der Waals surface area contributed by atoms with Gasteiger partial charge in [-0.05, 0) is 30.0 Å². The molecule has 3 rings (SSSR count). The molecule has 0 fully saturated rings. The van der Waals surface area contributed by atoms with E-state index in [4.69, 9.17) is 10.3 Å². The zero-order valence-corrected chi connectivity index (χ0v) is 11.4. The van der Waals surface area contributed by atoms with E-state index in [1.54, 1.807) is 17.5 Å². The average molecular weight is 274 g/mol. The first-order valence-corrected chi connectivity index (χ1v) is 7.00. The molecule has 0 amide bonds. The molecule has 1 unspecified atom stereocenters. The minimum Gasteiger partial charge on any atom is -0.339 e. The average Bonchev–Trinajstić information content (AvgIpc) is 3.05. The molecule has 3 heterocycles. The fourth-order valence-electron chi connectivity index (χ4n) is 1.81. The minimum absolute atomic E-state index is 0.339. The van der Waals surface area contributed by atoms with E-state index < -0.39 is 0 Å². The van der Waals surface area contributed by atoms with E-state index in [0.29, 0.717) is 30.6 Å². The first-order valence-electron chi connectivity index (χ1n) is 6.12. The lowest BCUT2D eigenvalue weighted by Gasteiger charge is -2.01. The highest BCUT2D eigenvalue weighted by molar-refractivity contribution is 7.17. The highest BCUT2D eigenvalue weighted by atomic mass is 32.1. The molecular weight excluding hydrogens is 260 g/mol. The van der Waals surface area contributed by atoms with Gasteiger partial charge in [-0.1, -0.05) is 12.1 Å². The van der Waals surface area contributed by atoms with Crippen LogP contribution in [0.5, 0.6) is 0 Å². The lowest BCUT2D eigenvalue weighted by Crippen LogP contribution is -2.13. The van der Waals surface area contributed by atoms with Crippen molar-refractivity contribution in [3.63, 3.8) is 0 Å². The lowest BCUT2D eigenvalue weighted by molar-refractivity contribution is 0.360. The first kappa shape index (κ1) is 12.3. The third-order valence-corrected chi connectivity index (χ3v) is 3.81. The molecule has 98 valence electrons. The van der Waals surface area contributed by atoms with Gasteiger partial charge >= 0.3 is 0 Å². The van der Waals surface area contributed by atoms with Crippen molar-refractivity contribution >= 4 is 21.6 Å². The van der Waals surface area contributed by atoms with Crippen LogP contribution < -0.4 is 5.73 Å². The summed E-state index contributed by atoms with van der Waals surface area (Å²) in [5.41, 5.74) is 7.46. The Bertz CT molecular complexity index is 691. The van der Waals surface area contributed by atoms with Crippen LogP contribution in [0.1, 0.15) is 12.8 Å². The highest BCUT2D eigenvalue weighted by Crippen LogP contribution is 2.24. The van der Waals surface area contributed by atoms with Crippen molar-refractivity contribution in [1.29, 1.82) is 0 Å². The maximum atomic E-state index is 5.59. The van der Waals surface area contributed by atoms with E-state index in [1.165, 1.54) is 0 Å². The molecule has 6 heteroatoms. The second kappa shape index (κ2) is 5.07. The normalized spacial score (nSPS) is 12.9. The standard InChI is InChI=1S/C13H14N4OS/c1-8(6-14)4-12-16-13(17-18-12)9-5-11-10(15-7-9)2-3-19-11/h2-3,5,7-8H,4,6,14H2,1H3. The summed E-state index contributed by atoms with van der Waals surface area (Å²) in [5.74, 6) is 1.55. The van der Waals surface area contributed by atoms with Crippen molar-refractivity contribution in [2.45, 2.75) is 13.3 Å². The van der Waals surface area contributed by atoms with E-state index in [2.05, 4.69) is 22.0 Å². The molecule has 19 heavy (non-hydrogen) atoms. The van der Waals surface area contributed by atoms with Crippen LogP contribution in [0.2, 0.25) is 0 Å². The topological polar surface area (TPSA) is 77.8 Å². The van der Waals surface area contributed by atoms with Crippen molar-refractivity contribution in [3.8, 4) is 11.4 Å². The molecule has 0 aliphatic carbocycles. The fraction of sp³-hybridized carbons (Fsp3) is 0.308. The van der Waals surface area contributed by atoms with Gasteiger partial charge in [-0.2, -0.15) is 4.98 Å². The SMILES string of the molecule is CC(CN)Cc1nc(-c2cnc3ccsc3c2)no1. The second-order valence-electron chi connectivity index (χ2n) is 4.58. The van der Waals surface area contributed by atoms with Gasteiger partial charge in [0.15, 0.2) is 0 Å². The largest absolute Gasteiger partial charge is 0.339 e. The van der Waals surface area contributed by atoms with Crippen molar-refractivity contribution in [2.24, 2.45) is 11.7 Å². The minimum atomic E-state index is 0.339. The van der Waals surface area contributed by atoms with Crippen molar-refractivity contribution in [3.05, 3.63) is 29.6 Å². The van der Waals surface area contributed by atoms with Crippen LogP contribution >= 0.6 is 11.3 Å². The van der Waals surface area contributed by atoms with Crippen LogP contribution in [0.3, 0.4) is 0 Å². The van der Waals surface area contributed by atoms with Crippen LogP contribution in [0.15, 0.2) is 28.2 Å². The summed E-state index contributed by atoms with van der Waals surface area (Å²) in [6.07, 6.45) is 2.48. The van der Waals surface area contributed by atoms with E-state index in [-0.39, 0.29) is 0 Å². The number of rotatable bonds is 4. The molecule has 0 saturated heterocycles. The van der Waals surface area contributed by atoms with Gasteiger partial charge in [-0.15, -0.1) is 11.3 Å². The summed E-state index contributed by atoms with van der Waals surface area (Å²) in [6, 6.07) is 4.03. The summed E-state index contributed by atoms with van der Waals surface area (Å²) in [7, 11) is 0. The molecule has 0 aliphatic heterocycles. The van der Waals surface area contributed by atoms with E-state index in [9.17, 15) is 0 Å². The summed E-state index contributed by atoms with van der Waals surface area (Å²) >= 11 is 1.65. The molecule has 5 nitrogen and oxygen atoms in total. The molecule has 0 spiro atoms. The Hall–Kier alpha value is -1.79. The summed E-state index contributed by atoms with van der Waals surface area (Å²) < 4.78 is 6.37. The number of hydrogen-bond acceptors (Lipinski definition) is 6. The van der Waals surface area contributed by atoms with Gasteiger partial charge in [0.1, 0.15) is 0 Å². The summed E-state index contributed by atoms with van der Waals surface area (Å²) in [5, 5.41) is 6.02. The summed E-state index contributed by atoms with van der Waals surface area (Å²) in [4.78, 5) is 8.76. The van der Waals surface area contributed by atoms with Gasteiger partial charge in [0.2, 0.25) is 11.7 Å². The molecule has 3 aromatic rings. The molecular formula is C13H14N4OS. The van der Waals surface area contributed by atoms with Crippen molar-refractivity contribution < 1.29 is 4.52 Å². The molecule has 2 N–H and O–H groups in total. The van der Waals surface area contributed by atoms with Gasteiger partial charge in [0.05, 0.1) is 10.2 Å². The van der Waals surface area contributed by atoms with Crippen LogP contribution in [0.25, 0.3) is 21.6 Å². The van der Waals surface area contributed by atoms with Crippen LogP contribution in [0.4, 0.5) is 0 Å². The summed E-state index contributed by atoms with van der Waals surface area (Å²) in [6.45, 7) is 2.67. The Labute approximate surface area is 114 Å². The molecule has 0 radical (unpaired) electrons. The molecule has 0 aromatic carbocycles. The Morgan fingerprint density at radius 3 is 3.21 bits per heavy atom. The zero-order chi connectivity index (χ0) is 13.2. The maximum absolute atomic E-state index is 5.59. The Kier molecular flexibility index (Phi) is 3.27. The van der Waals surface area contributed by atoms with Gasteiger partial charge in [0.25, 0.3) is 0 Å². The lowest BCUT2D eigenvalue weighted by atomic mass is 10.1. The monoisotopic (exact) mass is 274 g/mol. The van der Waals surface area contributed by atoms with Crippen molar-refractivity contribution in [2.75, 3.05) is 6.54 Å². The van der Waals surface area contributed by atoms with Crippen LogP contribution in [-0.4, -0.2) is 21.7 Å². The highest BCUT2D eigenvalue weighted by Gasteiger charge is 2.12. The third kappa shape index (κ3) is 2.50. The van der Waals surface area contributed by atoms with Crippen LogP contribution in [0, 0.1) is 5.92 Å². The van der Waals surface area contributed by atoms with E-state index in [0.717, 1.165) is 15.8 Å². The Balaban J connectivity index is 1.89. The van der Waals surface area contributed by atoms with E-state index in [1.807, 2.05) is 17.5 Å². The second-order valence-corrected chi connectivity index (χ2v) is 5.53. The Morgan fingerprint density at radius 2 is 2.37 bits per heavy atom. The predicted molar refractivity (Wildman–Crippen MR) is 74.8 cm³/mol. The van der Waals surface area contributed by atoms with Gasteiger partial charge in [0, 0.05) is 18.2 Å². The quantitative estimate of drug-likeness (QED) is 0.790. The van der Waals surface area contributed by atoms with Gasteiger partial charge < -0.3 is 10.3 Å².